The number of rotatable bonds is 4. The summed E-state index contributed by atoms with van der Waals surface area (Å²) in [5, 5.41) is 14.5. The average molecular weight is 466 g/mol. The van der Waals surface area contributed by atoms with Crippen LogP contribution in [0.4, 0.5) is 11.6 Å². The van der Waals surface area contributed by atoms with Crippen LogP contribution in [0.5, 0.6) is 11.6 Å². The Morgan fingerprint density at radius 2 is 1.72 bits per heavy atom. The minimum atomic E-state index is 0.302. The summed E-state index contributed by atoms with van der Waals surface area (Å²) in [5.74, 6) is 1.34. The molecule has 0 radical (unpaired) electrons. The van der Waals surface area contributed by atoms with Crippen molar-refractivity contribution in [2.45, 2.75) is 6.92 Å². The molecule has 1 N–H and O–H groups in total. The van der Waals surface area contributed by atoms with Crippen molar-refractivity contribution in [2.24, 2.45) is 0 Å². The van der Waals surface area contributed by atoms with Gasteiger partial charge in [-0.1, -0.05) is 39.7 Å². The second kappa shape index (κ2) is 8.08. The van der Waals surface area contributed by atoms with E-state index in [0.29, 0.717) is 33.9 Å². The molecule has 0 saturated carbocycles. The van der Waals surface area contributed by atoms with Crippen LogP contribution in [0.1, 0.15) is 11.1 Å². The standard InChI is InChI=1S/C22H14BrClN4O/c1-13-20(24)27-22(26-18-7-2-14(12-25)3-8-18)28-21(13)29-19-9-5-15-10-17(23)6-4-16(15)11-19/h2-11H,1H3,(H,26,27,28). The van der Waals surface area contributed by atoms with Crippen molar-refractivity contribution in [1.29, 1.82) is 5.26 Å². The van der Waals surface area contributed by atoms with E-state index in [0.717, 1.165) is 20.9 Å². The minimum absolute atomic E-state index is 0.302. The molecule has 1 aromatic heterocycles. The van der Waals surface area contributed by atoms with Crippen molar-refractivity contribution in [3.8, 4) is 17.7 Å². The van der Waals surface area contributed by atoms with Gasteiger partial charge >= 0.3 is 0 Å². The summed E-state index contributed by atoms with van der Waals surface area (Å²) in [6, 6.07) is 20.9. The van der Waals surface area contributed by atoms with Crippen LogP contribution in [-0.2, 0) is 0 Å². The molecule has 0 aliphatic carbocycles. The fourth-order valence-electron chi connectivity index (χ4n) is 2.75. The summed E-state index contributed by atoms with van der Waals surface area (Å²) in [5.41, 5.74) is 1.96. The molecule has 7 heteroatoms. The Bertz CT molecular complexity index is 1250. The third-order valence-corrected chi connectivity index (χ3v) is 5.16. The van der Waals surface area contributed by atoms with E-state index < -0.39 is 0 Å². The second-order valence-electron chi connectivity index (χ2n) is 6.34. The average Bonchev–Trinajstić information content (AvgIpc) is 2.72. The van der Waals surface area contributed by atoms with Gasteiger partial charge in [0.25, 0.3) is 0 Å². The van der Waals surface area contributed by atoms with E-state index in [4.69, 9.17) is 21.6 Å². The van der Waals surface area contributed by atoms with Crippen LogP contribution in [0.15, 0.2) is 65.1 Å². The summed E-state index contributed by atoms with van der Waals surface area (Å²) < 4.78 is 7.04. The predicted molar refractivity (Wildman–Crippen MR) is 118 cm³/mol. The fourth-order valence-corrected chi connectivity index (χ4v) is 3.29. The number of fused-ring (bicyclic) bond motifs is 1. The molecule has 1 heterocycles. The van der Waals surface area contributed by atoms with E-state index in [1.165, 1.54) is 0 Å². The minimum Gasteiger partial charge on any atom is -0.438 e. The van der Waals surface area contributed by atoms with Gasteiger partial charge < -0.3 is 10.1 Å². The van der Waals surface area contributed by atoms with Crippen LogP contribution >= 0.6 is 27.5 Å². The number of hydrogen-bond donors (Lipinski definition) is 1. The summed E-state index contributed by atoms with van der Waals surface area (Å²) in [6.07, 6.45) is 0. The zero-order valence-electron chi connectivity index (χ0n) is 15.3. The number of aromatic nitrogens is 2. The highest BCUT2D eigenvalue weighted by Crippen LogP contribution is 2.31. The van der Waals surface area contributed by atoms with Crippen molar-refractivity contribution >= 4 is 49.9 Å². The quantitative estimate of drug-likeness (QED) is 0.337. The molecular formula is C22H14BrClN4O. The van der Waals surface area contributed by atoms with Gasteiger partial charge in [0.15, 0.2) is 0 Å². The number of nitriles is 1. The highest BCUT2D eigenvalue weighted by Gasteiger charge is 2.12. The smallest absolute Gasteiger partial charge is 0.231 e. The lowest BCUT2D eigenvalue weighted by molar-refractivity contribution is 0.459. The van der Waals surface area contributed by atoms with Crippen molar-refractivity contribution in [2.75, 3.05) is 5.32 Å². The molecule has 142 valence electrons. The molecule has 29 heavy (non-hydrogen) atoms. The van der Waals surface area contributed by atoms with Crippen molar-refractivity contribution in [3.63, 3.8) is 0 Å². The van der Waals surface area contributed by atoms with Crippen molar-refractivity contribution in [3.05, 3.63) is 81.4 Å². The molecule has 0 amide bonds. The fraction of sp³-hybridized carbons (Fsp3) is 0.0455. The molecule has 3 aromatic carbocycles. The Hall–Kier alpha value is -3.14. The Morgan fingerprint density at radius 1 is 1.00 bits per heavy atom. The van der Waals surface area contributed by atoms with Gasteiger partial charge in [0.2, 0.25) is 11.8 Å². The summed E-state index contributed by atoms with van der Waals surface area (Å²) >= 11 is 9.77. The highest BCUT2D eigenvalue weighted by molar-refractivity contribution is 9.10. The lowest BCUT2D eigenvalue weighted by Crippen LogP contribution is -2.01. The molecule has 0 saturated heterocycles. The second-order valence-corrected chi connectivity index (χ2v) is 7.61. The monoisotopic (exact) mass is 464 g/mol. The molecule has 5 nitrogen and oxygen atoms in total. The maximum Gasteiger partial charge on any atom is 0.231 e. The lowest BCUT2D eigenvalue weighted by Gasteiger charge is -2.12. The zero-order valence-corrected chi connectivity index (χ0v) is 17.6. The first-order valence-corrected chi connectivity index (χ1v) is 9.87. The SMILES string of the molecule is Cc1c(Cl)nc(Nc2ccc(C#N)cc2)nc1Oc1ccc2cc(Br)ccc2c1. The van der Waals surface area contributed by atoms with Gasteiger partial charge in [0.1, 0.15) is 10.9 Å². The van der Waals surface area contributed by atoms with Gasteiger partial charge in [-0.15, -0.1) is 0 Å². The molecule has 0 bridgehead atoms. The molecule has 0 spiro atoms. The van der Waals surface area contributed by atoms with E-state index >= 15 is 0 Å². The maximum absolute atomic E-state index is 8.91. The van der Waals surface area contributed by atoms with Gasteiger partial charge in [0.05, 0.1) is 11.6 Å². The molecule has 0 aliphatic rings. The van der Waals surface area contributed by atoms with E-state index in [1.54, 1.807) is 31.2 Å². The molecular weight excluding hydrogens is 452 g/mol. The van der Waals surface area contributed by atoms with E-state index in [-0.39, 0.29) is 0 Å². The summed E-state index contributed by atoms with van der Waals surface area (Å²) in [6.45, 7) is 1.81. The molecule has 4 rings (SSSR count). The van der Waals surface area contributed by atoms with E-state index in [2.05, 4.69) is 37.3 Å². The van der Waals surface area contributed by atoms with E-state index in [1.807, 2.05) is 36.4 Å². The molecule has 0 unspecified atom stereocenters. The Morgan fingerprint density at radius 3 is 2.48 bits per heavy atom. The number of nitrogens with one attached hydrogen (secondary N) is 1. The number of anilines is 2. The van der Waals surface area contributed by atoms with Crippen LogP contribution in [-0.4, -0.2) is 9.97 Å². The Kier molecular flexibility index (Phi) is 5.34. The number of benzene rings is 3. The van der Waals surface area contributed by atoms with Gasteiger partial charge in [0, 0.05) is 15.7 Å². The highest BCUT2D eigenvalue weighted by atomic mass is 79.9. The number of nitrogens with zero attached hydrogens (tertiary/aromatic N) is 3. The van der Waals surface area contributed by atoms with Crippen molar-refractivity contribution < 1.29 is 4.74 Å². The van der Waals surface area contributed by atoms with Crippen LogP contribution in [0.2, 0.25) is 5.15 Å². The maximum atomic E-state index is 8.91. The third-order valence-electron chi connectivity index (χ3n) is 4.30. The summed E-state index contributed by atoms with van der Waals surface area (Å²) in [7, 11) is 0. The third kappa shape index (κ3) is 4.32. The Labute approximate surface area is 181 Å². The van der Waals surface area contributed by atoms with Crippen molar-refractivity contribution in [1.82, 2.24) is 9.97 Å². The topological polar surface area (TPSA) is 70.8 Å². The number of ether oxygens (including phenoxy) is 1. The van der Waals surface area contributed by atoms with Gasteiger partial charge in [-0.25, -0.2) is 4.98 Å². The van der Waals surface area contributed by atoms with Crippen LogP contribution in [0.25, 0.3) is 10.8 Å². The largest absolute Gasteiger partial charge is 0.438 e. The van der Waals surface area contributed by atoms with Crippen LogP contribution < -0.4 is 10.1 Å². The molecule has 0 fully saturated rings. The first-order chi connectivity index (χ1) is 14.0. The summed E-state index contributed by atoms with van der Waals surface area (Å²) in [4.78, 5) is 8.72. The van der Waals surface area contributed by atoms with E-state index in [9.17, 15) is 0 Å². The molecule has 0 atom stereocenters. The van der Waals surface area contributed by atoms with Crippen LogP contribution in [0.3, 0.4) is 0 Å². The lowest BCUT2D eigenvalue weighted by atomic mass is 10.1. The van der Waals surface area contributed by atoms with Gasteiger partial charge in [-0.05, 0) is 66.2 Å². The first kappa shape index (κ1) is 19.2. The number of hydrogen-bond acceptors (Lipinski definition) is 5. The van der Waals surface area contributed by atoms with Gasteiger partial charge in [-0.2, -0.15) is 10.2 Å². The normalized spacial score (nSPS) is 10.6. The molecule has 0 aliphatic heterocycles. The first-order valence-electron chi connectivity index (χ1n) is 8.70. The number of halogens is 2. The predicted octanol–water partition coefficient (Wildman–Crippen LogP) is 6.76. The molecule has 4 aromatic rings. The zero-order chi connectivity index (χ0) is 20.4. The van der Waals surface area contributed by atoms with Gasteiger partial charge in [-0.3, -0.25) is 0 Å². The Balaban J connectivity index is 1.63. The van der Waals surface area contributed by atoms with Crippen LogP contribution in [0, 0.1) is 18.3 Å².